The number of carbonyl (C=O) groups is 2. The molecule has 0 aromatic heterocycles. The van der Waals surface area contributed by atoms with Crippen molar-refractivity contribution >= 4 is 11.9 Å². The highest BCUT2D eigenvalue weighted by Crippen LogP contribution is 2.09. The van der Waals surface area contributed by atoms with Crippen LogP contribution in [0.3, 0.4) is 0 Å². The SMILES string of the molecule is COC(=O)CCN1CCN(CC(=O)OC(C)(C)C)CC1. The van der Waals surface area contributed by atoms with Crippen molar-refractivity contribution in [1.29, 1.82) is 0 Å². The quantitative estimate of drug-likeness (QED) is 0.686. The van der Waals surface area contributed by atoms with Crippen LogP contribution in [0.25, 0.3) is 0 Å². The highest BCUT2D eigenvalue weighted by atomic mass is 16.6. The van der Waals surface area contributed by atoms with Crippen molar-refractivity contribution in [2.45, 2.75) is 32.8 Å². The second-order valence-electron chi connectivity index (χ2n) is 6.03. The molecule has 0 radical (unpaired) electrons. The molecule has 0 aromatic carbocycles. The van der Waals surface area contributed by atoms with Gasteiger partial charge in [0.15, 0.2) is 0 Å². The molecular formula is C14H26N2O4. The topological polar surface area (TPSA) is 59.1 Å². The summed E-state index contributed by atoms with van der Waals surface area (Å²) in [5.74, 6) is -0.360. The predicted molar refractivity (Wildman–Crippen MR) is 75.4 cm³/mol. The normalized spacial score (nSPS) is 17.8. The lowest BCUT2D eigenvalue weighted by Crippen LogP contribution is -2.49. The first-order chi connectivity index (χ1) is 9.30. The Hall–Kier alpha value is -1.14. The van der Waals surface area contributed by atoms with Crippen molar-refractivity contribution in [3.05, 3.63) is 0 Å². The number of hydrogen-bond donors (Lipinski definition) is 0. The van der Waals surface area contributed by atoms with Crippen molar-refractivity contribution in [2.24, 2.45) is 0 Å². The van der Waals surface area contributed by atoms with E-state index in [1.54, 1.807) is 0 Å². The number of piperazine rings is 1. The molecule has 0 unspecified atom stereocenters. The van der Waals surface area contributed by atoms with Gasteiger partial charge < -0.3 is 14.4 Å². The van der Waals surface area contributed by atoms with Gasteiger partial charge in [-0.25, -0.2) is 0 Å². The van der Waals surface area contributed by atoms with Crippen molar-refractivity contribution in [1.82, 2.24) is 9.80 Å². The maximum atomic E-state index is 11.7. The molecule has 0 aliphatic carbocycles. The van der Waals surface area contributed by atoms with Crippen LogP contribution >= 0.6 is 0 Å². The Bertz CT molecular complexity index is 331. The van der Waals surface area contributed by atoms with Crippen LogP contribution in [-0.4, -0.2) is 73.7 Å². The molecule has 1 saturated heterocycles. The van der Waals surface area contributed by atoms with Crippen LogP contribution in [0, 0.1) is 0 Å². The van der Waals surface area contributed by atoms with Gasteiger partial charge in [-0.2, -0.15) is 0 Å². The van der Waals surface area contributed by atoms with Crippen molar-refractivity contribution in [3.63, 3.8) is 0 Å². The molecule has 0 saturated carbocycles. The lowest BCUT2D eigenvalue weighted by atomic mass is 10.2. The van der Waals surface area contributed by atoms with E-state index in [1.165, 1.54) is 7.11 Å². The third-order valence-electron chi connectivity index (χ3n) is 3.10. The Morgan fingerprint density at radius 2 is 1.55 bits per heavy atom. The Morgan fingerprint density at radius 3 is 2.05 bits per heavy atom. The molecule has 6 heteroatoms. The summed E-state index contributed by atoms with van der Waals surface area (Å²) >= 11 is 0. The largest absolute Gasteiger partial charge is 0.469 e. The first-order valence-electron chi connectivity index (χ1n) is 7.03. The molecule has 116 valence electrons. The van der Waals surface area contributed by atoms with Gasteiger partial charge in [0.05, 0.1) is 20.1 Å². The molecule has 1 fully saturated rings. The number of carbonyl (C=O) groups excluding carboxylic acids is 2. The highest BCUT2D eigenvalue weighted by Gasteiger charge is 2.22. The molecule has 1 aliphatic rings. The number of nitrogens with zero attached hydrogens (tertiary/aromatic N) is 2. The summed E-state index contributed by atoms with van der Waals surface area (Å²) in [6.07, 6.45) is 0.419. The van der Waals surface area contributed by atoms with E-state index >= 15 is 0 Å². The molecule has 0 spiro atoms. The van der Waals surface area contributed by atoms with E-state index in [0.717, 1.165) is 26.2 Å². The van der Waals surface area contributed by atoms with Gasteiger partial charge in [0.2, 0.25) is 0 Å². The summed E-state index contributed by atoms with van der Waals surface area (Å²) in [7, 11) is 1.40. The zero-order chi connectivity index (χ0) is 15.2. The Balaban J connectivity index is 2.22. The molecule has 1 heterocycles. The first-order valence-corrected chi connectivity index (χ1v) is 7.03. The molecule has 6 nitrogen and oxygen atoms in total. The fourth-order valence-corrected chi connectivity index (χ4v) is 2.08. The van der Waals surface area contributed by atoms with Crippen LogP contribution in [0.5, 0.6) is 0 Å². The summed E-state index contributed by atoms with van der Waals surface area (Å²) in [5.41, 5.74) is -0.431. The van der Waals surface area contributed by atoms with Crippen LogP contribution in [0.4, 0.5) is 0 Å². The minimum atomic E-state index is -0.431. The molecule has 0 bridgehead atoms. The zero-order valence-corrected chi connectivity index (χ0v) is 13.0. The van der Waals surface area contributed by atoms with E-state index in [1.807, 2.05) is 20.8 Å². The Morgan fingerprint density at radius 1 is 1.00 bits per heavy atom. The van der Waals surface area contributed by atoms with Crippen molar-refractivity contribution in [2.75, 3.05) is 46.4 Å². The minimum absolute atomic E-state index is 0.179. The maximum Gasteiger partial charge on any atom is 0.320 e. The Kier molecular flexibility index (Phi) is 6.42. The molecule has 0 amide bonds. The number of esters is 2. The van der Waals surface area contributed by atoms with Crippen molar-refractivity contribution in [3.8, 4) is 0 Å². The first kappa shape index (κ1) is 16.9. The smallest absolute Gasteiger partial charge is 0.320 e. The second-order valence-corrected chi connectivity index (χ2v) is 6.03. The summed E-state index contributed by atoms with van der Waals surface area (Å²) in [6.45, 7) is 10.0. The van der Waals surface area contributed by atoms with E-state index in [9.17, 15) is 9.59 Å². The zero-order valence-electron chi connectivity index (χ0n) is 13.0. The van der Waals surface area contributed by atoms with E-state index < -0.39 is 5.60 Å². The lowest BCUT2D eigenvalue weighted by Gasteiger charge is -2.34. The molecule has 1 aliphatic heterocycles. The third-order valence-corrected chi connectivity index (χ3v) is 3.10. The van der Waals surface area contributed by atoms with Crippen LogP contribution in [0.1, 0.15) is 27.2 Å². The average molecular weight is 286 g/mol. The number of rotatable bonds is 5. The summed E-state index contributed by atoms with van der Waals surface area (Å²) in [4.78, 5) is 27.1. The molecule has 0 N–H and O–H groups in total. The molecule has 0 atom stereocenters. The van der Waals surface area contributed by atoms with E-state index in [4.69, 9.17) is 4.74 Å². The molecule has 0 aromatic rings. The van der Waals surface area contributed by atoms with E-state index in [0.29, 0.717) is 19.5 Å². The van der Waals surface area contributed by atoms with Gasteiger partial charge in [-0.05, 0) is 20.8 Å². The summed E-state index contributed by atoms with van der Waals surface area (Å²) in [5, 5.41) is 0. The lowest BCUT2D eigenvalue weighted by molar-refractivity contribution is -0.156. The average Bonchev–Trinajstić information content (AvgIpc) is 2.35. The van der Waals surface area contributed by atoms with Crippen LogP contribution in [0.2, 0.25) is 0 Å². The minimum Gasteiger partial charge on any atom is -0.469 e. The summed E-state index contributed by atoms with van der Waals surface area (Å²) in [6, 6.07) is 0. The number of methoxy groups -OCH3 is 1. The molecular weight excluding hydrogens is 260 g/mol. The van der Waals surface area contributed by atoms with Gasteiger partial charge in [-0.15, -0.1) is 0 Å². The fraction of sp³-hybridized carbons (Fsp3) is 0.857. The molecule has 20 heavy (non-hydrogen) atoms. The van der Waals surface area contributed by atoms with E-state index in [-0.39, 0.29) is 11.9 Å². The number of hydrogen-bond acceptors (Lipinski definition) is 6. The standard InChI is InChI=1S/C14H26N2O4/c1-14(2,3)20-13(18)11-16-9-7-15(8-10-16)6-5-12(17)19-4/h5-11H2,1-4H3. The van der Waals surface area contributed by atoms with E-state index in [2.05, 4.69) is 14.5 Å². The highest BCUT2D eigenvalue weighted by molar-refractivity contribution is 5.72. The van der Waals surface area contributed by atoms with Gasteiger partial charge in [0.1, 0.15) is 5.60 Å². The Labute approximate surface area is 121 Å². The van der Waals surface area contributed by atoms with Gasteiger partial charge in [-0.3, -0.25) is 14.5 Å². The van der Waals surface area contributed by atoms with Gasteiger partial charge in [-0.1, -0.05) is 0 Å². The third kappa shape index (κ3) is 6.86. The van der Waals surface area contributed by atoms with Crippen LogP contribution < -0.4 is 0 Å². The second kappa shape index (κ2) is 7.59. The van der Waals surface area contributed by atoms with Gasteiger partial charge >= 0.3 is 11.9 Å². The molecule has 1 rings (SSSR count). The summed E-state index contributed by atoms with van der Waals surface area (Å²) < 4.78 is 9.93. The number of ether oxygens (including phenoxy) is 2. The fourth-order valence-electron chi connectivity index (χ4n) is 2.08. The van der Waals surface area contributed by atoms with Gasteiger partial charge in [0.25, 0.3) is 0 Å². The van der Waals surface area contributed by atoms with Crippen LogP contribution in [0.15, 0.2) is 0 Å². The predicted octanol–water partition coefficient (Wildman–Crippen LogP) is 0.509. The monoisotopic (exact) mass is 286 g/mol. The van der Waals surface area contributed by atoms with Gasteiger partial charge in [0, 0.05) is 32.7 Å². The van der Waals surface area contributed by atoms with Crippen molar-refractivity contribution < 1.29 is 19.1 Å². The maximum absolute atomic E-state index is 11.7. The van der Waals surface area contributed by atoms with Crippen LogP contribution in [-0.2, 0) is 19.1 Å².